The van der Waals surface area contributed by atoms with Gasteiger partial charge in [0, 0.05) is 18.7 Å². The average molecular weight is 362 g/mol. The highest BCUT2D eigenvalue weighted by molar-refractivity contribution is 6.34. The molecule has 0 radical (unpaired) electrons. The lowest BCUT2D eigenvalue weighted by Gasteiger charge is -2.22. The zero-order valence-corrected chi connectivity index (χ0v) is 14.1. The van der Waals surface area contributed by atoms with Gasteiger partial charge in [-0.05, 0) is 49.2 Å². The predicted octanol–water partition coefficient (Wildman–Crippen LogP) is 3.43. The van der Waals surface area contributed by atoms with Crippen molar-refractivity contribution in [3.05, 3.63) is 58.4 Å². The van der Waals surface area contributed by atoms with Gasteiger partial charge in [-0.1, -0.05) is 11.6 Å². The molecule has 3 N–H and O–H groups in total. The lowest BCUT2D eigenvalue weighted by Crippen LogP contribution is -2.22. The van der Waals surface area contributed by atoms with Crippen LogP contribution in [0.1, 0.15) is 33.6 Å². The summed E-state index contributed by atoms with van der Waals surface area (Å²) in [6.45, 7) is 1.74. The van der Waals surface area contributed by atoms with Crippen LogP contribution in [0.25, 0.3) is 0 Å². The highest BCUT2D eigenvalue weighted by Gasteiger charge is 2.19. The minimum atomic E-state index is -0.580. The third-order valence-electron chi connectivity index (χ3n) is 4.15. The van der Waals surface area contributed by atoms with E-state index in [2.05, 4.69) is 10.2 Å². The number of carbonyl (C=O) groups excluding carboxylic acids is 2. The molecule has 0 aromatic heterocycles. The highest BCUT2D eigenvalue weighted by Crippen LogP contribution is 2.31. The van der Waals surface area contributed by atoms with Crippen LogP contribution in [0.2, 0.25) is 5.02 Å². The van der Waals surface area contributed by atoms with Gasteiger partial charge in [0.05, 0.1) is 22.0 Å². The second-order valence-electron chi connectivity index (χ2n) is 5.87. The first kappa shape index (κ1) is 17.2. The molecular weight excluding hydrogens is 345 g/mol. The van der Waals surface area contributed by atoms with E-state index < -0.39 is 17.6 Å². The maximum atomic E-state index is 13.2. The van der Waals surface area contributed by atoms with E-state index in [4.69, 9.17) is 17.3 Å². The zero-order chi connectivity index (χ0) is 18.0. The Bertz CT molecular complexity index is 835. The summed E-state index contributed by atoms with van der Waals surface area (Å²) in [5, 5.41) is 2.78. The lowest BCUT2D eigenvalue weighted by molar-refractivity contribution is 0.0996. The number of carbonyl (C=O) groups is 2. The van der Waals surface area contributed by atoms with Gasteiger partial charge >= 0.3 is 0 Å². The number of rotatable bonds is 4. The number of benzene rings is 2. The molecule has 1 heterocycles. The third kappa shape index (κ3) is 3.74. The van der Waals surface area contributed by atoms with Crippen molar-refractivity contribution in [2.75, 3.05) is 23.3 Å². The molecule has 25 heavy (non-hydrogen) atoms. The molecule has 0 spiro atoms. The van der Waals surface area contributed by atoms with Crippen molar-refractivity contribution in [1.82, 2.24) is 0 Å². The van der Waals surface area contributed by atoms with E-state index in [-0.39, 0.29) is 10.6 Å². The first-order chi connectivity index (χ1) is 12.0. The smallest absolute Gasteiger partial charge is 0.257 e. The Kier molecular flexibility index (Phi) is 4.90. The van der Waals surface area contributed by atoms with Crippen molar-refractivity contribution in [3.8, 4) is 0 Å². The Morgan fingerprint density at radius 2 is 1.84 bits per heavy atom. The number of nitrogens with one attached hydrogen (secondary N) is 1. The Labute approximate surface area is 149 Å². The number of amides is 2. The van der Waals surface area contributed by atoms with E-state index in [1.807, 2.05) is 0 Å². The van der Waals surface area contributed by atoms with Crippen molar-refractivity contribution >= 4 is 34.8 Å². The molecule has 1 saturated heterocycles. The molecule has 3 rings (SSSR count). The SMILES string of the molecule is NC(=O)c1ccc(N2CCCC2)c(NC(=O)c2ccc(F)cc2Cl)c1. The minimum Gasteiger partial charge on any atom is -0.370 e. The number of anilines is 2. The summed E-state index contributed by atoms with van der Waals surface area (Å²) < 4.78 is 13.2. The average Bonchev–Trinajstić information content (AvgIpc) is 3.08. The van der Waals surface area contributed by atoms with Crippen molar-refractivity contribution in [1.29, 1.82) is 0 Å². The van der Waals surface area contributed by atoms with Crippen LogP contribution >= 0.6 is 11.6 Å². The summed E-state index contributed by atoms with van der Waals surface area (Å²) in [5.74, 6) is -1.58. The molecule has 1 aliphatic heterocycles. The van der Waals surface area contributed by atoms with Gasteiger partial charge in [-0.3, -0.25) is 9.59 Å². The summed E-state index contributed by atoms with van der Waals surface area (Å²) in [7, 11) is 0. The largest absolute Gasteiger partial charge is 0.370 e. The van der Waals surface area contributed by atoms with Crippen LogP contribution in [0.15, 0.2) is 36.4 Å². The second kappa shape index (κ2) is 7.11. The maximum Gasteiger partial charge on any atom is 0.257 e. The Balaban J connectivity index is 1.94. The number of primary amides is 1. The molecule has 7 heteroatoms. The molecule has 0 unspecified atom stereocenters. The number of nitrogens with zero attached hydrogens (tertiary/aromatic N) is 1. The van der Waals surface area contributed by atoms with E-state index in [1.54, 1.807) is 18.2 Å². The number of nitrogens with two attached hydrogens (primary N) is 1. The summed E-state index contributed by atoms with van der Waals surface area (Å²) >= 11 is 5.95. The fourth-order valence-corrected chi connectivity index (χ4v) is 3.14. The number of halogens is 2. The Morgan fingerprint density at radius 3 is 2.48 bits per heavy atom. The van der Waals surface area contributed by atoms with Crippen LogP contribution in [0.5, 0.6) is 0 Å². The van der Waals surface area contributed by atoms with Crippen molar-refractivity contribution in [2.45, 2.75) is 12.8 Å². The van der Waals surface area contributed by atoms with Crippen LogP contribution < -0.4 is 16.0 Å². The van der Waals surface area contributed by atoms with Crippen molar-refractivity contribution in [3.63, 3.8) is 0 Å². The monoisotopic (exact) mass is 361 g/mol. The molecule has 0 atom stereocenters. The molecule has 5 nitrogen and oxygen atoms in total. The topological polar surface area (TPSA) is 75.4 Å². The van der Waals surface area contributed by atoms with Crippen LogP contribution in [0.4, 0.5) is 15.8 Å². The molecule has 0 saturated carbocycles. The minimum absolute atomic E-state index is 0.0197. The van der Waals surface area contributed by atoms with Crippen LogP contribution in [0.3, 0.4) is 0 Å². The lowest BCUT2D eigenvalue weighted by atomic mass is 10.1. The van der Waals surface area contributed by atoms with Gasteiger partial charge in [-0.2, -0.15) is 0 Å². The molecule has 130 valence electrons. The van der Waals surface area contributed by atoms with E-state index in [0.717, 1.165) is 37.7 Å². The third-order valence-corrected chi connectivity index (χ3v) is 4.46. The summed E-state index contributed by atoms with van der Waals surface area (Å²) in [6.07, 6.45) is 2.13. The Morgan fingerprint density at radius 1 is 1.12 bits per heavy atom. The Hall–Kier alpha value is -2.60. The van der Waals surface area contributed by atoms with Gasteiger partial charge in [0.1, 0.15) is 5.82 Å². The van der Waals surface area contributed by atoms with Crippen LogP contribution in [-0.4, -0.2) is 24.9 Å². The number of hydrogen-bond acceptors (Lipinski definition) is 3. The normalized spacial score (nSPS) is 13.8. The zero-order valence-electron chi connectivity index (χ0n) is 13.4. The summed E-state index contributed by atoms with van der Waals surface area (Å²) in [4.78, 5) is 26.1. The van der Waals surface area contributed by atoms with Gasteiger partial charge in [-0.25, -0.2) is 4.39 Å². The van der Waals surface area contributed by atoms with Crippen molar-refractivity contribution < 1.29 is 14.0 Å². The van der Waals surface area contributed by atoms with Crippen LogP contribution in [-0.2, 0) is 0 Å². The first-order valence-corrected chi connectivity index (χ1v) is 8.28. The molecule has 0 aliphatic carbocycles. The van der Waals surface area contributed by atoms with Gasteiger partial charge in [0.25, 0.3) is 5.91 Å². The molecule has 2 aromatic carbocycles. The fraction of sp³-hybridized carbons (Fsp3) is 0.222. The van der Waals surface area contributed by atoms with E-state index in [9.17, 15) is 14.0 Å². The molecule has 1 aliphatic rings. The highest BCUT2D eigenvalue weighted by atomic mass is 35.5. The van der Waals surface area contributed by atoms with Gasteiger partial charge in [0.15, 0.2) is 0 Å². The molecular formula is C18H17ClFN3O2. The summed E-state index contributed by atoms with van der Waals surface area (Å²) in [6, 6.07) is 8.52. The quantitative estimate of drug-likeness (QED) is 0.876. The van der Waals surface area contributed by atoms with Gasteiger partial charge < -0.3 is 16.0 Å². The van der Waals surface area contributed by atoms with E-state index in [1.165, 1.54) is 12.1 Å². The predicted molar refractivity (Wildman–Crippen MR) is 95.8 cm³/mol. The van der Waals surface area contributed by atoms with Gasteiger partial charge in [0.2, 0.25) is 5.91 Å². The van der Waals surface area contributed by atoms with Gasteiger partial charge in [-0.15, -0.1) is 0 Å². The standard InChI is InChI=1S/C18H17ClFN3O2/c19-14-10-12(20)4-5-13(14)18(25)22-15-9-11(17(21)24)3-6-16(15)23-7-1-2-8-23/h3-6,9-10H,1-2,7-8H2,(H2,21,24)(H,22,25). The number of hydrogen-bond donors (Lipinski definition) is 2. The molecule has 0 bridgehead atoms. The first-order valence-electron chi connectivity index (χ1n) is 7.91. The van der Waals surface area contributed by atoms with E-state index in [0.29, 0.717) is 11.3 Å². The summed E-state index contributed by atoms with van der Waals surface area (Å²) in [5.41, 5.74) is 7.08. The maximum absolute atomic E-state index is 13.2. The van der Waals surface area contributed by atoms with Crippen molar-refractivity contribution in [2.24, 2.45) is 5.73 Å². The fourth-order valence-electron chi connectivity index (χ4n) is 2.89. The molecule has 1 fully saturated rings. The van der Waals surface area contributed by atoms with Crippen LogP contribution in [0, 0.1) is 5.82 Å². The van der Waals surface area contributed by atoms with E-state index >= 15 is 0 Å². The second-order valence-corrected chi connectivity index (χ2v) is 6.28. The molecule has 2 aromatic rings. The molecule has 2 amide bonds.